The Bertz CT molecular complexity index is 486. The summed E-state index contributed by atoms with van der Waals surface area (Å²) in [5.74, 6) is 1.49. The lowest BCUT2D eigenvalue weighted by Gasteiger charge is -2.21. The van der Waals surface area contributed by atoms with Crippen molar-refractivity contribution in [3.63, 3.8) is 0 Å². The minimum atomic E-state index is 0.0186. The molecule has 0 aromatic heterocycles. The molecule has 0 aliphatic carbocycles. The summed E-state index contributed by atoms with van der Waals surface area (Å²) in [6.45, 7) is 3.91. The Morgan fingerprint density at radius 3 is 2.50 bits per heavy atom. The highest BCUT2D eigenvalue weighted by Crippen LogP contribution is 2.35. The molecule has 0 radical (unpaired) electrons. The highest BCUT2D eigenvalue weighted by molar-refractivity contribution is 5.92. The molecule has 0 spiro atoms. The van der Waals surface area contributed by atoms with Gasteiger partial charge in [-0.25, -0.2) is 0 Å². The summed E-state index contributed by atoms with van der Waals surface area (Å²) >= 11 is 0. The Kier molecular flexibility index (Phi) is 4.84. The zero-order valence-electron chi connectivity index (χ0n) is 12.4. The van der Waals surface area contributed by atoms with Gasteiger partial charge in [-0.05, 0) is 32.1 Å². The van der Waals surface area contributed by atoms with E-state index in [4.69, 9.17) is 9.47 Å². The number of nitrogens with one attached hydrogen (secondary N) is 1. The molecular weight excluding hydrogens is 256 g/mol. The number of amides is 1. The predicted octanol–water partition coefficient (Wildman–Crippen LogP) is 1.91. The Morgan fingerprint density at radius 1 is 1.25 bits per heavy atom. The Morgan fingerprint density at radius 2 is 1.90 bits per heavy atom. The molecule has 0 saturated carbocycles. The molecule has 1 N–H and O–H groups in total. The van der Waals surface area contributed by atoms with Gasteiger partial charge in [-0.2, -0.15) is 0 Å². The highest BCUT2D eigenvalue weighted by Gasteiger charge is 2.16. The molecule has 0 fully saturated rings. The topological polar surface area (TPSA) is 50.8 Å². The van der Waals surface area contributed by atoms with Crippen LogP contribution in [0.15, 0.2) is 12.1 Å². The third kappa shape index (κ3) is 3.63. The molecule has 110 valence electrons. The Balaban J connectivity index is 2.11. The van der Waals surface area contributed by atoms with Gasteiger partial charge < -0.3 is 19.7 Å². The van der Waals surface area contributed by atoms with E-state index in [9.17, 15) is 4.79 Å². The summed E-state index contributed by atoms with van der Waals surface area (Å²) < 4.78 is 11.1. The summed E-state index contributed by atoms with van der Waals surface area (Å²) in [7, 11) is 3.91. The lowest BCUT2D eigenvalue weighted by Crippen LogP contribution is -2.21. The third-order valence-corrected chi connectivity index (χ3v) is 3.21. The zero-order valence-corrected chi connectivity index (χ0v) is 12.4. The van der Waals surface area contributed by atoms with Gasteiger partial charge in [0.1, 0.15) is 13.2 Å². The van der Waals surface area contributed by atoms with Gasteiger partial charge in [0.15, 0.2) is 11.5 Å². The molecule has 1 aliphatic rings. The zero-order chi connectivity index (χ0) is 14.5. The fourth-order valence-electron chi connectivity index (χ4n) is 2.08. The minimum absolute atomic E-state index is 0.0186. The van der Waals surface area contributed by atoms with Crippen LogP contribution in [0.5, 0.6) is 11.5 Å². The van der Waals surface area contributed by atoms with E-state index in [1.807, 2.05) is 31.1 Å². The van der Waals surface area contributed by atoms with Crippen LogP contribution in [0, 0.1) is 0 Å². The number of benzene rings is 1. The number of aryl methyl sites for hydroxylation is 1. The number of hydrogen-bond donors (Lipinski definition) is 1. The van der Waals surface area contributed by atoms with Crippen LogP contribution in [0.25, 0.3) is 0 Å². The van der Waals surface area contributed by atoms with Gasteiger partial charge in [-0.15, -0.1) is 0 Å². The van der Waals surface area contributed by atoms with Crippen LogP contribution in [0.2, 0.25) is 0 Å². The number of fused-ring (bicyclic) bond motifs is 1. The van der Waals surface area contributed by atoms with Gasteiger partial charge in [0.05, 0.1) is 0 Å². The van der Waals surface area contributed by atoms with Crippen molar-refractivity contribution < 1.29 is 14.3 Å². The van der Waals surface area contributed by atoms with Crippen LogP contribution >= 0.6 is 0 Å². The van der Waals surface area contributed by atoms with Gasteiger partial charge in [-0.1, -0.05) is 6.92 Å². The van der Waals surface area contributed by atoms with Crippen molar-refractivity contribution in [1.82, 2.24) is 4.90 Å². The van der Waals surface area contributed by atoms with Crippen molar-refractivity contribution in [2.75, 3.05) is 39.2 Å². The van der Waals surface area contributed by atoms with Crippen molar-refractivity contribution in [1.29, 1.82) is 0 Å². The number of hydrogen-bond acceptors (Lipinski definition) is 4. The average Bonchev–Trinajstić information content (AvgIpc) is 2.44. The largest absolute Gasteiger partial charge is 0.486 e. The highest BCUT2D eigenvalue weighted by atomic mass is 16.6. The van der Waals surface area contributed by atoms with E-state index in [2.05, 4.69) is 12.2 Å². The number of nitrogens with zero attached hydrogens (tertiary/aromatic N) is 1. The molecule has 1 amide bonds. The summed E-state index contributed by atoms with van der Waals surface area (Å²) in [6.07, 6.45) is 1.31. The molecule has 0 atom stereocenters. The number of carbonyl (C=O) groups is 1. The summed E-state index contributed by atoms with van der Waals surface area (Å²) in [6, 6.07) is 3.82. The molecule has 0 unspecified atom stereocenters. The number of rotatable bonds is 5. The van der Waals surface area contributed by atoms with E-state index >= 15 is 0 Å². The second-order valence-corrected chi connectivity index (χ2v) is 5.11. The van der Waals surface area contributed by atoms with Crippen molar-refractivity contribution in [2.24, 2.45) is 0 Å². The first-order chi connectivity index (χ1) is 9.60. The maximum atomic E-state index is 11.9. The normalized spacial score (nSPS) is 13.4. The first-order valence-electron chi connectivity index (χ1n) is 6.97. The van der Waals surface area contributed by atoms with Crippen LogP contribution < -0.4 is 14.8 Å². The average molecular weight is 278 g/mol. The SMILES string of the molecule is CCc1cc2c(cc1NC(=O)CCN(C)C)OCCO2. The van der Waals surface area contributed by atoms with Crippen LogP contribution in [-0.2, 0) is 11.2 Å². The van der Waals surface area contributed by atoms with Crippen LogP contribution in [0.3, 0.4) is 0 Å². The van der Waals surface area contributed by atoms with Crippen molar-refractivity contribution in [3.8, 4) is 11.5 Å². The lowest BCUT2D eigenvalue weighted by atomic mass is 10.1. The van der Waals surface area contributed by atoms with Gasteiger partial charge in [-0.3, -0.25) is 4.79 Å². The summed E-state index contributed by atoms with van der Waals surface area (Å²) in [4.78, 5) is 13.9. The van der Waals surface area contributed by atoms with Crippen molar-refractivity contribution >= 4 is 11.6 Å². The van der Waals surface area contributed by atoms with Gasteiger partial charge in [0.2, 0.25) is 5.91 Å². The number of ether oxygens (including phenoxy) is 2. The summed E-state index contributed by atoms with van der Waals surface area (Å²) in [5.41, 5.74) is 1.88. The van der Waals surface area contributed by atoms with Gasteiger partial charge >= 0.3 is 0 Å². The fourth-order valence-corrected chi connectivity index (χ4v) is 2.08. The van der Waals surface area contributed by atoms with E-state index in [0.29, 0.717) is 25.4 Å². The second-order valence-electron chi connectivity index (χ2n) is 5.11. The van der Waals surface area contributed by atoms with E-state index < -0.39 is 0 Å². The quantitative estimate of drug-likeness (QED) is 0.894. The predicted molar refractivity (Wildman–Crippen MR) is 78.6 cm³/mol. The van der Waals surface area contributed by atoms with Gasteiger partial charge in [0.25, 0.3) is 0 Å². The van der Waals surface area contributed by atoms with E-state index in [0.717, 1.165) is 30.0 Å². The van der Waals surface area contributed by atoms with E-state index in [1.54, 1.807) is 0 Å². The first kappa shape index (κ1) is 14.7. The maximum absolute atomic E-state index is 11.9. The van der Waals surface area contributed by atoms with E-state index in [1.165, 1.54) is 0 Å². The monoisotopic (exact) mass is 278 g/mol. The van der Waals surface area contributed by atoms with Gasteiger partial charge in [0, 0.05) is 24.7 Å². The van der Waals surface area contributed by atoms with Crippen LogP contribution in [0.4, 0.5) is 5.69 Å². The molecule has 0 bridgehead atoms. The molecule has 2 rings (SSSR count). The molecule has 1 aliphatic heterocycles. The smallest absolute Gasteiger partial charge is 0.225 e. The molecule has 1 aromatic rings. The molecule has 20 heavy (non-hydrogen) atoms. The number of anilines is 1. The van der Waals surface area contributed by atoms with Crippen molar-refractivity contribution in [2.45, 2.75) is 19.8 Å². The van der Waals surface area contributed by atoms with Crippen molar-refractivity contribution in [3.05, 3.63) is 17.7 Å². The Hall–Kier alpha value is -1.75. The van der Waals surface area contributed by atoms with E-state index in [-0.39, 0.29) is 5.91 Å². The fraction of sp³-hybridized carbons (Fsp3) is 0.533. The maximum Gasteiger partial charge on any atom is 0.225 e. The second kappa shape index (κ2) is 6.61. The Labute approximate surface area is 119 Å². The van der Waals surface area contributed by atoms with Crippen LogP contribution in [0.1, 0.15) is 18.9 Å². The molecular formula is C15H22N2O3. The molecule has 0 saturated heterocycles. The minimum Gasteiger partial charge on any atom is -0.486 e. The van der Waals surface area contributed by atoms with Crippen LogP contribution in [-0.4, -0.2) is 44.7 Å². The first-order valence-corrected chi connectivity index (χ1v) is 6.97. The molecule has 5 heteroatoms. The number of carbonyl (C=O) groups excluding carboxylic acids is 1. The molecule has 1 heterocycles. The third-order valence-electron chi connectivity index (χ3n) is 3.21. The summed E-state index contributed by atoms with van der Waals surface area (Å²) in [5, 5.41) is 2.97. The molecule has 5 nitrogen and oxygen atoms in total. The molecule has 1 aromatic carbocycles. The lowest BCUT2D eigenvalue weighted by molar-refractivity contribution is -0.116. The standard InChI is InChI=1S/C15H22N2O3/c1-4-11-9-13-14(20-8-7-19-13)10-12(11)16-15(18)5-6-17(2)3/h9-10H,4-8H2,1-3H3,(H,16,18).